The number of aliphatic imine (C=N–C) groups is 1. The summed E-state index contributed by atoms with van der Waals surface area (Å²) in [6, 6.07) is 6.97. The Morgan fingerprint density at radius 1 is 1.44 bits per heavy atom. The molecule has 0 aromatic heterocycles. The second kappa shape index (κ2) is 5.87. The van der Waals surface area contributed by atoms with Crippen LogP contribution in [0.5, 0.6) is 0 Å². The van der Waals surface area contributed by atoms with Crippen LogP contribution in [0.15, 0.2) is 29.3 Å². The summed E-state index contributed by atoms with van der Waals surface area (Å²) in [5, 5.41) is 0.162. The molecule has 0 aliphatic carbocycles. The van der Waals surface area contributed by atoms with Crippen molar-refractivity contribution in [3.8, 4) is 0 Å². The predicted octanol–water partition coefficient (Wildman–Crippen LogP) is 3.72. The zero-order chi connectivity index (χ0) is 12.1. The number of hydrogen-bond donors (Lipinski definition) is 0. The minimum absolute atomic E-state index is 0.152. The van der Waals surface area contributed by atoms with Crippen molar-refractivity contribution < 1.29 is 4.79 Å². The molecule has 1 rings (SSSR count). The van der Waals surface area contributed by atoms with E-state index in [1.165, 1.54) is 4.90 Å². The first-order valence-corrected chi connectivity index (χ1v) is 5.48. The molecule has 1 unspecified atom stereocenters. The Hall–Kier alpha value is -1.06. The summed E-state index contributed by atoms with van der Waals surface area (Å²) in [6.07, 6.45) is 1.66. The van der Waals surface area contributed by atoms with Gasteiger partial charge in [-0.2, -0.15) is 0 Å². The van der Waals surface area contributed by atoms with E-state index in [-0.39, 0.29) is 6.04 Å². The summed E-state index contributed by atoms with van der Waals surface area (Å²) in [7, 11) is 1.62. The number of hydrogen-bond acceptors (Lipinski definition) is 2. The molecule has 0 saturated carbocycles. The highest BCUT2D eigenvalue weighted by Gasteiger charge is 2.10. The van der Waals surface area contributed by atoms with E-state index >= 15 is 0 Å². The third kappa shape index (κ3) is 3.83. The molecule has 0 bridgehead atoms. The quantitative estimate of drug-likeness (QED) is 0.462. The first kappa shape index (κ1) is 13.0. The van der Waals surface area contributed by atoms with Crippen molar-refractivity contribution in [2.75, 3.05) is 7.05 Å². The maximum atomic E-state index is 10.9. The summed E-state index contributed by atoms with van der Waals surface area (Å²) in [5.41, 5.74) is 0.784. The summed E-state index contributed by atoms with van der Waals surface area (Å²) in [5.74, 6) is 0. The van der Waals surface area contributed by atoms with Crippen molar-refractivity contribution in [3.63, 3.8) is 0 Å². The van der Waals surface area contributed by atoms with Gasteiger partial charge >= 0.3 is 5.37 Å². The molecule has 0 aliphatic rings. The van der Waals surface area contributed by atoms with Crippen LogP contribution in [0.3, 0.4) is 0 Å². The molecule has 1 amide bonds. The van der Waals surface area contributed by atoms with Crippen molar-refractivity contribution in [1.29, 1.82) is 0 Å². The van der Waals surface area contributed by atoms with Gasteiger partial charge in [0.15, 0.2) is 0 Å². The van der Waals surface area contributed by atoms with Crippen LogP contribution in [0, 0.1) is 0 Å². The average molecular weight is 259 g/mol. The highest BCUT2D eigenvalue weighted by Crippen LogP contribution is 2.15. The van der Waals surface area contributed by atoms with Crippen molar-refractivity contribution in [2.24, 2.45) is 4.99 Å². The molecule has 0 radical (unpaired) electrons. The Balaban J connectivity index is 2.66. The highest BCUT2D eigenvalue weighted by molar-refractivity contribution is 6.62. The Labute approximate surface area is 105 Å². The molecular weight excluding hydrogens is 247 g/mol. The number of halogens is 2. The maximum absolute atomic E-state index is 10.9. The highest BCUT2D eigenvalue weighted by atomic mass is 35.5. The molecule has 1 aromatic rings. The molecule has 5 heteroatoms. The zero-order valence-corrected chi connectivity index (χ0v) is 10.5. The molecular formula is C11H12Cl2N2O. The largest absolute Gasteiger partial charge is 0.325 e. The van der Waals surface area contributed by atoms with Gasteiger partial charge in [0.25, 0.3) is 0 Å². The second-order valence-corrected chi connectivity index (χ2v) is 4.12. The van der Waals surface area contributed by atoms with Crippen molar-refractivity contribution >= 4 is 40.5 Å². The number of rotatable bonds is 3. The van der Waals surface area contributed by atoms with E-state index < -0.39 is 5.37 Å². The van der Waals surface area contributed by atoms with Gasteiger partial charge in [-0.25, -0.2) is 0 Å². The smallest absolute Gasteiger partial charge is 0.316 e. The lowest BCUT2D eigenvalue weighted by Gasteiger charge is -2.17. The zero-order valence-electron chi connectivity index (χ0n) is 9.02. The third-order valence-corrected chi connectivity index (χ3v) is 2.67. The van der Waals surface area contributed by atoms with Crippen LogP contribution < -0.4 is 0 Å². The van der Waals surface area contributed by atoms with E-state index in [0.717, 1.165) is 5.69 Å². The van der Waals surface area contributed by atoms with E-state index in [1.54, 1.807) is 37.5 Å². The van der Waals surface area contributed by atoms with Crippen LogP contribution in [-0.2, 0) is 0 Å². The van der Waals surface area contributed by atoms with Crippen molar-refractivity contribution in [2.45, 2.75) is 13.0 Å². The van der Waals surface area contributed by atoms with E-state index in [2.05, 4.69) is 4.99 Å². The summed E-state index contributed by atoms with van der Waals surface area (Å²) in [4.78, 5) is 16.5. The number of carbonyl (C=O) groups excluding carboxylic acids is 1. The number of nitrogens with zero attached hydrogens (tertiary/aromatic N) is 2. The number of carbonyl (C=O) groups is 1. The van der Waals surface area contributed by atoms with Gasteiger partial charge in [-0.15, -0.1) is 0 Å². The molecule has 1 atom stereocenters. The Morgan fingerprint density at radius 3 is 2.50 bits per heavy atom. The first-order chi connectivity index (χ1) is 7.50. The molecule has 3 nitrogen and oxygen atoms in total. The molecule has 0 spiro atoms. The molecule has 0 saturated heterocycles. The van der Waals surface area contributed by atoms with Crippen LogP contribution in [0.4, 0.5) is 10.5 Å². The van der Waals surface area contributed by atoms with Crippen molar-refractivity contribution in [3.05, 3.63) is 29.3 Å². The van der Waals surface area contributed by atoms with Gasteiger partial charge < -0.3 is 4.90 Å². The predicted molar refractivity (Wildman–Crippen MR) is 68.1 cm³/mol. The van der Waals surface area contributed by atoms with Gasteiger partial charge in [0.05, 0.1) is 11.7 Å². The Bertz CT molecular complexity index is 389. The minimum atomic E-state index is -0.505. The number of benzene rings is 1. The van der Waals surface area contributed by atoms with Gasteiger partial charge in [0.1, 0.15) is 0 Å². The van der Waals surface area contributed by atoms with Crippen LogP contribution in [0.2, 0.25) is 5.02 Å². The van der Waals surface area contributed by atoms with E-state index in [0.29, 0.717) is 5.02 Å². The average Bonchev–Trinajstić information content (AvgIpc) is 2.26. The van der Waals surface area contributed by atoms with E-state index in [4.69, 9.17) is 23.2 Å². The lowest BCUT2D eigenvalue weighted by molar-refractivity contribution is 0.229. The van der Waals surface area contributed by atoms with Crippen LogP contribution >= 0.6 is 23.2 Å². The van der Waals surface area contributed by atoms with E-state index in [9.17, 15) is 4.79 Å². The Kier molecular flexibility index (Phi) is 4.77. The van der Waals surface area contributed by atoms with Gasteiger partial charge in [-0.3, -0.25) is 9.79 Å². The minimum Gasteiger partial charge on any atom is -0.325 e. The number of amides is 1. The SMILES string of the molecule is CC(C=Nc1ccc(Cl)cc1)N(C)C(=O)Cl. The lowest BCUT2D eigenvalue weighted by Crippen LogP contribution is -2.32. The van der Waals surface area contributed by atoms with Gasteiger partial charge in [0.2, 0.25) is 0 Å². The molecule has 1 aromatic carbocycles. The molecule has 0 aliphatic heterocycles. The fraction of sp³-hybridized carbons (Fsp3) is 0.273. The summed E-state index contributed by atoms with van der Waals surface area (Å²) < 4.78 is 0. The summed E-state index contributed by atoms with van der Waals surface area (Å²) >= 11 is 11.1. The molecule has 0 heterocycles. The van der Waals surface area contributed by atoms with Crippen LogP contribution in [-0.4, -0.2) is 29.6 Å². The van der Waals surface area contributed by atoms with Gasteiger partial charge in [-0.05, 0) is 42.8 Å². The van der Waals surface area contributed by atoms with Gasteiger partial charge in [-0.1, -0.05) is 11.6 Å². The molecule has 86 valence electrons. The van der Waals surface area contributed by atoms with Crippen molar-refractivity contribution in [1.82, 2.24) is 4.90 Å². The first-order valence-electron chi connectivity index (χ1n) is 4.72. The fourth-order valence-electron chi connectivity index (χ4n) is 0.981. The Morgan fingerprint density at radius 2 is 2.00 bits per heavy atom. The standard InChI is InChI=1S/C11H12Cl2N2O/c1-8(15(2)11(13)16)7-14-10-5-3-9(12)4-6-10/h3-8H,1-2H3. The van der Waals surface area contributed by atoms with Crippen LogP contribution in [0.25, 0.3) is 0 Å². The molecule has 0 N–H and O–H groups in total. The monoisotopic (exact) mass is 258 g/mol. The maximum Gasteiger partial charge on any atom is 0.316 e. The summed E-state index contributed by atoms with van der Waals surface area (Å²) in [6.45, 7) is 1.83. The fourth-order valence-corrected chi connectivity index (χ4v) is 1.26. The van der Waals surface area contributed by atoms with E-state index in [1.807, 2.05) is 6.92 Å². The van der Waals surface area contributed by atoms with Crippen LogP contribution in [0.1, 0.15) is 6.92 Å². The topological polar surface area (TPSA) is 32.7 Å². The lowest BCUT2D eigenvalue weighted by atomic mass is 10.3. The molecule has 16 heavy (non-hydrogen) atoms. The molecule has 0 fully saturated rings. The second-order valence-electron chi connectivity index (χ2n) is 3.36. The van der Waals surface area contributed by atoms with Gasteiger partial charge in [0, 0.05) is 18.3 Å². The normalized spacial score (nSPS) is 12.8. The third-order valence-electron chi connectivity index (χ3n) is 2.15.